The summed E-state index contributed by atoms with van der Waals surface area (Å²) in [5, 5.41) is 12.0. The summed E-state index contributed by atoms with van der Waals surface area (Å²) in [5.41, 5.74) is 0.875. The normalized spacial score (nSPS) is 16.4. The highest BCUT2D eigenvalue weighted by atomic mass is 32.2. The van der Waals surface area contributed by atoms with Crippen molar-refractivity contribution in [1.82, 2.24) is 29.9 Å². The van der Waals surface area contributed by atoms with Crippen LogP contribution in [0.15, 0.2) is 18.6 Å². The first-order chi connectivity index (χ1) is 10.4. The van der Waals surface area contributed by atoms with Gasteiger partial charge in [0.1, 0.15) is 5.69 Å². The fourth-order valence-corrected chi connectivity index (χ4v) is 3.27. The molecule has 2 aromatic rings. The van der Waals surface area contributed by atoms with Gasteiger partial charge in [0.15, 0.2) is 5.82 Å². The summed E-state index contributed by atoms with van der Waals surface area (Å²) >= 11 is 1.94. The highest BCUT2D eigenvalue weighted by Crippen LogP contribution is 2.21. The molecular formula is C14H22N6S. The lowest BCUT2D eigenvalue weighted by molar-refractivity contribution is 0.337. The van der Waals surface area contributed by atoms with Crippen molar-refractivity contribution in [3.63, 3.8) is 0 Å². The van der Waals surface area contributed by atoms with E-state index in [-0.39, 0.29) is 0 Å². The van der Waals surface area contributed by atoms with Crippen molar-refractivity contribution in [2.45, 2.75) is 32.4 Å². The zero-order valence-corrected chi connectivity index (χ0v) is 13.2. The SMILES string of the molecule is CCSCCn1ccnc1-c1cn(C2CCNCC2)nn1. The van der Waals surface area contributed by atoms with Crippen LogP contribution in [0.1, 0.15) is 25.8 Å². The lowest BCUT2D eigenvalue weighted by Crippen LogP contribution is -2.29. The molecule has 0 atom stereocenters. The maximum absolute atomic E-state index is 4.45. The van der Waals surface area contributed by atoms with Gasteiger partial charge in [-0.2, -0.15) is 11.8 Å². The first kappa shape index (κ1) is 14.6. The van der Waals surface area contributed by atoms with Gasteiger partial charge in [-0.25, -0.2) is 9.67 Å². The van der Waals surface area contributed by atoms with Crippen molar-refractivity contribution >= 4 is 11.8 Å². The third-order valence-electron chi connectivity index (χ3n) is 3.82. The molecule has 0 aliphatic carbocycles. The molecule has 1 fully saturated rings. The largest absolute Gasteiger partial charge is 0.329 e. The molecule has 0 radical (unpaired) electrons. The van der Waals surface area contributed by atoms with Crippen molar-refractivity contribution in [2.24, 2.45) is 0 Å². The fraction of sp³-hybridized carbons (Fsp3) is 0.643. The number of hydrogen-bond acceptors (Lipinski definition) is 5. The van der Waals surface area contributed by atoms with E-state index < -0.39 is 0 Å². The molecule has 1 aliphatic heterocycles. The summed E-state index contributed by atoms with van der Waals surface area (Å²) in [6.45, 7) is 5.27. The average molecular weight is 306 g/mol. The van der Waals surface area contributed by atoms with Crippen LogP contribution in [-0.2, 0) is 6.54 Å². The number of thioether (sulfide) groups is 1. The number of aryl methyl sites for hydroxylation is 1. The predicted molar refractivity (Wildman–Crippen MR) is 85.4 cm³/mol. The Morgan fingerprint density at radius 3 is 3.05 bits per heavy atom. The molecule has 6 nitrogen and oxygen atoms in total. The molecule has 7 heteroatoms. The van der Waals surface area contributed by atoms with E-state index in [0.717, 1.165) is 55.5 Å². The molecule has 3 heterocycles. The summed E-state index contributed by atoms with van der Waals surface area (Å²) in [7, 11) is 0. The molecule has 0 saturated carbocycles. The summed E-state index contributed by atoms with van der Waals surface area (Å²) in [4.78, 5) is 4.45. The van der Waals surface area contributed by atoms with Gasteiger partial charge in [0.25, 0.3) is 0 Å². The van der Waals surface area contributed by atoms with Gasteiger partial charge in [0, 0.05) is 24.7 Å². The second kappa shape index (κ2) is 7.09. The zero-order valence-electron chi connectivity index (χ0n) is 12.4. The lowest BCUT2D eigenvalue weighted by atomic mass is 10.1. The van der Waals surface area contributed by atoms with Crippen molar-refractivity contribution in [3.05, 3.63) is 18.6 Å². The maximum Gasteiger partial charge on any atom is 0.162 e. The molecule has 114 valence electrons. The first-order valence-corrected chi connectivity index (χ1v) is 8.75. The lowest BCUT2D eigenvalue weighted by Gasteiger charge is -2.22. The van der Waals surface area contributed by atoms with Crippen LogP contribution in [0.4, 0.5) is 0 Å². The number of hydrogen-bond donors (Lipinski definition) is 1. The molecule has 0 bridgehead atoms. The summed E-state index contributed by atoms with van der Waals surface area (Å²) in [6, 6.07) is 0.464. The molecule has 3 rings (SSSR count). The van der Waals surface area contributed by atoms with Crippen LogP contribution in [0.2, 0.25) is 0 Å². The Bertz CT molecular complexity index is 557. The highest BCUT2D eigenvalue weighted by Gasteiger charge is 2.18. The van der Waals surface area contributed by atoms with E-state index >= 15 is 0 Å². The minimum atomic E-state index is 0.464. The topological polar surface area (TPSA) is 60.6 Å². The summed E-state index contributed by atoms with van der Waals surface area (Å²) in [5.74, 6) is 3.17. The molecule has 0 aromatic carbocycles. The quantitative estimate of drug-likeness (QED) is 0.825. The molecule has 1 aliphatic rings. The first-order valence-electron chi connectivity index (χ1n) is 7.60. The van der Waals surface area contributed by atoms with Gasteiger partial charge in [-0.05, 0) is 31.7 Å². The van der Waals surface area contributed by atoms with E-state index in [0.29, 0.717) is 6.04 Å². The van der Waals surface area contributed by atoms with Gasteiger partial charge in [-0.3, -0.25) is 0 Å². The molecular weight excluding hydrogens is 284 g/mol. The summed E-state index contributed by atoms with van der Waals surface area (Å²) in [6.07, 6.45) is 8.14. The zero-order chi connectivity index (χ0) is 14.5. The molecule has 21 heavy (non-hydrogen) atoms. The average Bonchev–Trinajstić information content (AvgIpc) is 3.17. The minimum absolute atomic E-state index is 0.464. The van der Waals surface area contributed by atoms with Crippen molar-refractivity contribution in [3.8, 4) is 11.5 Å². The second-order valence-electron chi connectivity index (χ2n) is 5.21. The van der Waals surface area contributed by atoms with Crippen LogP contribution in [0.5, 0.6) is 0 Å². The highest BCUT2D eigenvalue weighted by molar-refractivity contribution is 7.99. The number of nitrogens with one attached hydrogen (secondary N) is 1. The number of nitrogens with zero attached hydrogens (tertiary/aromatic N) is 5. The van der Waals surface area contributed by atoms with Crippen molar-refractivity contribution in [1.29, 1.82) is 0 Å². The van der Waals surface area contributed by atoms with Crippen molar-refractivity contribution < 1.29 is 0 Å². The van der Waals surface area contributed by atoms with Crippen molar-refractivity contribution in [2.75, 3.05) is 24.6 Å². The van der Waals surface area contributed by atoms with Crippen LogP contribution in [0.3, 0.4) is 0 Å². The molecule has 0 spiro atoms. The van der Waals surface area contributed by atoms with E-state index in [1.807, 2.05) is 35.0 Å². The van der Waals surface area contributed by atoms with Crippen LogP contribution in [0.25, 0.3) is 11.5 Å². The smallest absolute Gasteiger partial charge is 0.162 e. The number of aromatic nitrogens is 5. The van der Waals surface area contributed by atoms with Gasteiger partial charge >= 0.3 is 0 Å². The fourth-order valence-electron chi connectivity index (χ4n) is 2.66. The molecule has 1 saturated heterocycles. The van der Waals surface area contributed by atoms with Gasteiger partial charge in [0.2, 0.25) is 0 Å². The molecule has 0 amide bonds. The molecule has 2 aromatic heterocycles. The van der Waals surface area contributed by atoms with Crippen LogP contribution in [0, 0.1) is 0 Å². The van der Waals surface area contributed by atoms with E-state index in [4.69, 9.17) is 0 Å². The van der Waals surface area contributed by atoms with Crippen LogP contribution < -0.4 is 5.32 Å². The second-order valence-corrected chi connectivity index (χ2v) is 6.60. The van der Waals surface area contributed by atoms with Crippen LogP contribution in [-0.4, -0.2) is 49.1 Å². The number of rotatable bonds is 6. The Labute approximate surface area is 129 Å². The maximum atomic E-state index is 4.45. The van der Waals surface area contributed by atoms with Gasteiger partial charge in [-0.15, -0.1) is 5.10 Å². The third kappa shape index (κ3) is 3.47. The van der Waals surface area contributed by atoms with E-state index in [2.05, 4.69) is 32.1 Å². The Kier molecular flexibility index (Phi) is 4.92. The third-order valence-corrected chi connectivity index (χ3v) is 4.70. The van der Waals surface area contributed by atoms with E-state index in [9.17, 15) is 0 Å². The standard InChI is InChI=1S/C14H22N6S/c1-2-21-10-9-19-8-7-16-14(19)13-11-20(18-17-13)12-3-5-15-6-4-12/h7-8,11-12,15H,2-6,9-10H2,1H3. The van der Waals surface area contributed by atoms with Gasteiger partial charge in [0.05, 0.1) is 12.2 Å². The Balaban J connectivity index is 1.72. The Morgan fingerprint density at radius 1 is 1.38 bits per heavy atom. The summed E-state index contributed by atoms with van der Waals surface area (Å²) < 4.78 is 4.18. The Hall–Kier alpha value is -1.34. The van der Waals surface area contributed by atoms with Gasteiger partial charge < -0.3 is 9.88 Å². The monoisotopic (exact) mass is 306 g/mol. The van der Waals surface area contributed by atoms with E-state index in [1.165, 1.54) is 0 Å². The molecule has 1 N–H and O–H groups in total. The Morgan fingerprint density at radius 2 is 2.24 bits per heavy atom. The number of piperidine rings is 1. The molecule has 0 unspecified atom stereocenters. The minimum Gasteiger partial charge on any atom is -0.329 e. The van der Waals surface area contributed by atoms with Crippen LogP contribution >= 0.6 is 11.8 Å². The predicted octanol–water partition coefficient (Wildman–Crippen LogP) is 1.82. The van der Waals surface area contributed by atoms with E-state index in [1.54, 1.807) is 0 Å². The van der Waals surface area contributed by atoms with Gasteiger partial charge in [-0.1, -0.05) is 12.1 Å². The number of imidazole rings is 1.